The summed E-state index contributed by atoms with van der Waals surface area (Å²) in [5.74, 6) is 0.888. The second-order valence-corrected chi connectivity index (χ2v) is 9.79. The van der Waals surface area contributed by atoms with Gasteiger partial charge in [0.25, 0.3) is 0 Å². The fourth-order valence-corrected chi connectivity index (χ4v) is 4.75. The van der Waals surface area contributed by atoms with Crippen LogP contribution in [0, 0.1) is 5.82 Å². The van der Waals surface area contributed by atoms with Gasteiger partial charge in [-0.1, -0.05) is 29.8 Å². The maximum Gasteiger partial charge on any atom is 0.141 e. The largest absolute Gasteiger partial charge is 0.487 e. The van der Waals surface area contributed by atoms with Crippen molar-refractivity contribution in [2.45, 2.75) is 19.6 Å². The molecule has 6 rings (SSSR count). The van der Waals surface area contributed by atoms with Crippen LogP contribution >= 0.6 is 11.6 Å². The molecule has 0 spiro atoms. The molecule has 0 aliphatic heterocycles. The molecule has 0 saturated heterocycles. The monoisotopic (exact) mass is 549 g/mol. The summed E-state index contributed by atoms with van der Waals surface area (Å²) in [6, 6.07) is 24.1. The molecule has 0 saturated carbocycles. The number of nitrogens with zero attached hydrogens (tertiary/aromatic N) is 4. The molecule has 6 nitrogen and oxygen atoms in total. The lowest BCUT2D eigenvalue weighted by Crippen LogP contribution is -1.99. The third kappa shape index (κ3) is 5.95. The van der Waals surface area contributed by atoms with Crippen molar-refractivity contribution in [3.63, 3.8) is 0 Å². The minimum atomic E-state index is -0.300. The van der Waals surface area contributed by atoms with E-state index in [1.807, 2.05) is 36.7 Å². The van der Waals surface area contributed by atoms with E-state index < -0.39 is 0 Å². The Balaban J connectivity index is 1.18. The average molecular weight is 550 g/mol. The number of pyridine rings is 1. The summed E-state index contributed by atoms with van der Waals surface area (Å²) >= 11 is 6.51. The Labute approximate surface area is 236 Å². The molecule has 0 aliphatic carbocycles. The Morgan fingerprint density at radius 3 is 2.62 bits per heavy atom. The Morgan fingerprint density at radius 1 is 0.875 bits per heavy atom. The quantitative estimate of drug-likeness (QED) is 0.199. The molecule has 0 aliphatic rings. The SMILES string of the molecule is Fc1cccc(COc2ccc(Nc3ncnc4ccc(-c5ccn(CCc6ccncc6)c5)cc34)cc2Cl)c1. The van der Waals surface area contributed by atoms with Gasteiger partial charge in [-0.15, -0.1) is 0 Å². The maximum atomic E-state index is 13.5. The molecule has 0 amide bonds. The van der Waals surface area contributed by atoms with E-state index in [-0.39, 0.29) is 12.4 Å². The highest BCUT2D eigenvalue weighted by Crippen LogP contribution is 2.32. The van der Waals surface area contributed by atoms with Gasteiger partial charge < -0.3 is 14.6 Å². The summed E-state index contributed by atoms with van der Waals surface area (Å²) in [7, 11) is 0. The fourth-order valence-electron chi connectivity index (χ4n) is 4.51. The minimum absolute atomic E-state index is 0.217. The molecule has 40 heavy (non-hydrogen) atoms. The second-order valence-electron chi connectivity index (χ2n) is 9.39. The van der Waals surface area contributed by atoms with Gasteiger partial charge in [-0.3, -0.25) is 4.98 Å². The maximum absolute atomic E-state index is 13.5. The van der Waals surface area contributed by atoms with E-state index in [2.05, 4.69) is 55.4 Å². The number of nitrogens with one attached hydrogen (secondary N) is 1. The zero-order valence-electron chi connectivity index (χ0n) is 21.5. The van der Waals surface area contributed by atoms with Gasteiger partial charge in [0.15, 0.2) is 0 Å². The summed E-state index contributed by atoms with van der Waals surface area (Å²) in [4.78, 5) is 13.0. The van der Waals surface area contributed by atoms with Crippen molar-refractivity contribution in [3.8, 4) is 16.9 Å². The topological polar surface area (TPSA) is 64.9 Å². The van der Waals surface area contributed by atoms with E-state index >= 15 is 0 Å². The van der Waals surface area contributed by atoms with Crippen LogP contribution in [0.25, 0.3) is 22.0 Å². The molecule has 0 fully saturated rings. The van der Waals surface area contributed by atoms with Gasteiger partial charge in [-0.25, -0.2) is 14.4 Å². The highest BCUT2D eigenvalue weighted by atomic mass is 35.5. The van der Waals surface area contributed by atoms with Crippen LogP contribution in [0.5, 0.6) is 5.75 Å². The third-order valence-corrected chi connectivity index (χ3v) is 6.90. The van der Waals surface area contributed by atoms with Gasteiger partial charge >= 0.3 is 0 Å². The summed E-state index contributed by atoms with van der Waals surface area (Å²) in [5.41, 5.74) is 5.78. The van der Waals surface area contributed by atoms with Gasteiger partial charge in [-0.2, -0.15) is 0 Å². The van der Waals surface area contributed by atoms with Gasteiger partial charge in [0.2, 0.25) is 0 Å². The molecule has 1 N–H and O–H groups in total. The van der Waals surface area contributed by atoms with E-state index in [9.17, 15) is 4.39 Å². The zero-order valence-corrected chi connectivity index (χ0v) is 22.2. The smallest absolute Gasteiger partial charge is 0.141 e. The number of benzene rings is 3. The minimum Gasteiger partial charge on any atom is -0.487 e. The first-order chi connectivity index (χ1) is 19.6. The number of anilines is 2. The second kappa shape index (κ2) is 11.6. The van der Waals surface area contributed by atoms with Crippen molar-refractivity contribution in [2.75, 3.05) is 5.32 Å². The molecule has 0 radical (unpaired) electrons. The number of aromatic nitrogens is 4. The van der Waals surface area contributed by atoms with Crippen molar-refractivity contribution in [1.29, 1.82) is 0 Å². The molecule has 6 aromatic rings. The Hall–Kier alpha value is -4.75. The molecule has 3 aromatic carbocycles. The van der Waals surface area contributed by atoms with Crippen LogP contribution in [-0.4, -0.2) is 19.5 Å². The van der Waals surface area contributed by atoms with Crippen LogP contribution in [0.2, 0.25) is 5.02 Å². The molecular formula is C32H25ClFN5O. The summed E-state index contributed by atoms with van der Waals surface area (Å²) < 4.78 is 21.5. The molecule has 198 valence electrons. The van der Waals surface area contributed by atoms with E-state index in [1.165, 1.54) is 24.0 Å². The Morgan fingerprint density at radius 2 is 1.77 bits per heavy atom. The number of ether oxygens (including phenoxy) is 1. The van der Waals surface area contributed by atoms with Crippen molar-refractivity contribution >= 4 is 34.0 Å². The van der Waals surface area contributed by atoms with Gasteiger partial charge in [0.05, 0.1) is 10.5 Å². The lowest BCUT2D eigenvalue weighted by molar-refractivity contribution is 0.306. The third-order valence-electron chi connectivity index (χ3n) is 6.61. The number of halogens is 2. The van der Waals surface area contributed by atoms with E-state index in [0.29, 0.717) is 16.6 Å². The molecular weight excluding hydrogens is 525 g/mol. The highest BCUT2D eigenvalue weighted by molar-refractivity contribution is 6.32. The number of aryl methyl sites for hydroxylation is 2. The van der Waals surface area contributed by atoms with Crippen LogP contribution < -0.4 is 10.1 Å². The molecule has 0 bridgehead atoms. The van der Waals surface area contributed by atoms with Crippen molar-refractivity contribution in [3.05, 3.63) is 132 Å². The molecule has 0 unspecified atom stereocenters. The zero-order chi connectivity index (χ0) is 27.3. The van der Waals surface area contributed by atoms with E-state index in [1.54, 1.807) is 24.3 Å². The molecule has 3 heterocycles. The Kier molecular flexibility index (Phi) is 7.37. The number of rotatable bonds is 9. The van der Waals surface area contributed by atoms with Crippen LogP contribution in [-0.2, 0) is 19.6 Å². The van der Waals surface area contributed by atoms with Crippen LogP contribution in [0.15, 0.2) is 110 Å². The first-order valence-corrected chi connectivity index (χ1v) is 13.2. The summed E-state index contributed by atoms with van der Waals surface area (Å²) in [5, 5.41) is 4.70. The first kappa shape index (κ1) is 25.5. The van der Waals surface area contributed by atoms with Crippen molar-refractivity contribution in [1.82, 2.24) is 19.5 Å². The highest BCUT2D eigenvalue weighted by Gasteiger charge is 2.10. The lowest BCUT2D eigenvalue weighted by atomic mass is 10.1. The van der Waals surface area contributed by atoms with Gasteiger partial charge in [0.1, 0.15) is 30.3 Å². The predicted octanol–water partition coefficient (Wildman–Crippen LogP) is 7.85. The van der Waals surface area contributed by atoms with Gasteiger partial charge in [0, 0.05) is 42.4 Å². The number of fused-ring (bicyclic) bond motifs is 1. The standard InChI is InChI=1S/C32H25ClFN5O/c33-29-18-27(5-7-31(29)40-20-23-2-1-3-26(34)16-23)38-32-28-17-24(4-6-30(28)36-21-37-32)25-11-15-39(19-25)14-10-22-8-12-35-13-9-22/h1-9,11-13,15-19,21H,10,14,20H2,(H,36,37,38). The Bertz CT molecular complexity index is 1770. The molecule has 0 atom stereocenters. The molecule has 3 aromatic heterocycles. The van der Waals surface area contributed by atoms with E-state index in [0.717, 1.165) is 46.2 Å². The summed E-state index contributed by atoms with van der Waals surface area (Å²) in [6.07, 6.45) is 10.4. The van der Waals surface area contributed by atoms with Crippen LogP contribution in [0.1, 0.15) is 11.1 Å². The number of hydrogen-bond acceptors (Lipinski definition) is 5. The summed E-state index contributed by atoms with van der Waals surface area (Å²) in [6.45, 7) is 1.10. The van der Waals surface area contributed by atoms with Crippen molar-refractivity contribution in [2.24, 2.45) is 0 Å². The molecule has 8 heteroatoms. The van der Waals surface area contributed by atoms with E-state index in [4.69, 9.17) is 16.3 Å². The van der Waals surface area contributed by atoms with Gasteiger partial charge in [-0.05, 0) is 89.3 Å². The average Bonchev–Trinajstić information content (AvgIpc) is 3.45. The first-order valence-electron chi connectivity index (χ1n) is 12.8. The normalized spacial score (nSPS) is 11.1. The van der Waals surface area contributed by atoms with Crippen LogP contribution in [0.4, 0.5) is 15.9 Å². The van der Waals surface area contributed by atoms with Crippen molar-refractivity contribution < 1.29 is 9.13 Å². The van der Waals surface area contributed by atoms with Crippen LogP contribution in [0.3, 0.4) is 0 Å². The predicted molar refractivity (Wildman–Crippen MR) is 156 cm³/mol. The lowest BCUT2D eigenvalue weighted by Gasteiger charge is -2.12. The number of hydrogen-bond donors (Lipinski definition) is 1. The fraction of sp³-hybridized carbons (Fsp3) is 0.0938.